The number of rotatable bonds is 6. The molecule has 2 nitrogen and oxygen atoms in total. The standard InChI is InChI=1S/C10H24O2Si3/c1-9-15(8,10-2)12-14(6,7)11-13(3,4)5/h9-10H,1-2H2,3-8H3. The highest BCUT2D eigenvalue weighted by atomic mass is 28.5. The second kappa shape index (κ2) is 4.92. The van der Waals surface area contributed by atoms with E-state index in [1.807, 2.05) is 11.4 Å². The van der Waals surface area contributed by atoms with Crippen molar-refractivity contribution in [3.05, 3.63) is 24.6 Å². The molecule has 0 spiro atoms. The lowest BCUT2D eigenvalue weighted by atomic mass is 11.2. The molecule has 0 aromatic rings. The first kappa shape index (κ1) is 15.1. The summed E-state index contributed by atoms with van der Waals surface area (Å²) >= 11 is 0. The van der Waals surface area contributed by atoms with Crippen molar-refractivity contribution in [1.29, 1.82) is 0 Å². The minimum atomic E-state index is -2.04. The molecule has 0 rings (SSSR count). The van der Waals surface area contributed by atoms with Crippen LogP contribution in [0.4, 0.5) is 0 Å². The summed E-state index contributed by atoms with van der Waals surface area (Å²) in [4.78, 5) is 0. The maximum atomic E-state index is 6.15. The maximum absolute atomic E-state index is 6.15. The van der Waals surface area contributed by atoms with Crippen molar-refractivity contribution in [3.63, 3.8) is 0 Å². The first-order valence-corrected chi connectivity index (χ1v) is 14.0. The van der Waals surface area contributed by atoms with E-state index in [9.17, 15) is 0 Å². The summed E-state index contributed by atoms with van der Waals surface area (Å²) in [6, 6.07) is 0. The molecule has 0 aliphatic heterocycles. The predicted molar refractivity (Wildman–Crippen MR) is 75.0 cm³/mol. The van der Waals surface area contributed by atoms with Gasteiger partial charge in [0.2, 0.25) is 8.32 Å². The van der Waals surface area contributed by atoms with E-state index in [0.717, 1.165) is 0 Å². The summed E-state index contributed by atoms with van der Waals surface area (Å²) in [5.41, 5.74) is 3.81. The van der Waals surface area contributed by atoms with Gasteiger partial charge in [-0.3, -0.25) is 0 Å². The van der Waals surface area contributed by atoms with E-state index in [1.54, 1.807) is 0 Å². The quantitative estimate of drug-likeness (QED) is 0.680. The molecule has 0 N–H and O–H groups in total. The summed E-state index contributed by atoms with van der Waals surface area (Å²) in [6.07, 6.45) is 0. The average Bonchev–Trinajstić information content (AvgIpc) is 1.98. The Morgan fingerprint density at radius 3 is 1.47 bits per heavy atom. The van der Waals surface area contributed by atoms with Gasteiger partial charge < -0.3 is 8.23 Å². The Labute approximate surface area is 97.5 Å². The molecule has 0 fully saturated rings. The van der Waals surface area contributed by atoms with Crippen molar-refractivity contribution in [2.75, 3.05) is 0 Å². The molecule has 5 heteroatoms. The Hall–Kier alpha value is 0.0506. The van der Waals surface area contributed by atoms with Crippen molar-refractivity contribution >= 4 is 25.2 Å². The highest BCUT2D eigenvalue weighted by Gasteiger charge is 2.37. The molecule has 0 atom stereocenters. The zero-order chi connectivity index (χ0) is 12.3. The van der Waals surface area contributed by atoms with Crippen LogP contribution in [0.15, 0.2) is 24.6 Å². The molecule has 0 bridgehead atoms. The Morgan fingerprint density at radius 1 is 0.800 bits per heavy atom. The Kier molecular flexibility index (Phi) is 4.94. The molecule has 0 amide bonds. The van der Waals surface area contributed by atoms with Crippen LogP contribution in [-0.4, -0.2) is 25.2 Å². The van der Waals surface area contributed by atoms with Crippen molar-refractivity contribution in [3.8, 4) is 0 Å². The van der Waals surface area contributed by atoms with Gasteiger partial charge in [-0.2, -0.15) is 0 Å². The van der Waals surface area contributed by atoms with Crippen molar-refractivity contribution in [1.82, 2.24) is 0 Å². The van der Waals surface area contributed by atoms with Gasteiger partial charge in [0.25, 0.3) is 0 Å². The van der Waals surface area contributed by atoms with Crippen LogP contribution in [0.25, 0.3) is 0 Å². The zero-order valence-corrected chi connectivity index (χ0v) is 13.9. The molecular weight excluding hydrogens is 236 g/mol. The first-order valence-electron chi connectivity index (χ1n) is 5.21. The Balaban J connectivity index is 4.62. The van der Waals surface area contributed by atoms with Crippen LogP contribution in [-0.2, 0) is 8.23 Å². The summed E-state index contributed by atoms with van der Waals surface area (Å²) < 4.78 is 12.3. The van der Waals surface area contributed by atoms with Gasteiger partial charge in [0.05, 0.1) is 0 Å². The third kappa shape index (κ3) is 6.26. The van der Waals surface area contributed by atoms with Gasteiger partial charge in [-0.05, 0) is 39.3 Å². The van der Waals surface area contributed by atoms with Gasteiger partial charge in [0, 0.05) is 0 Å². The van der Waals surface area contributed by atoms with Crippen LogP contribution in [0.1, 0.15) is 0 Å². The second-order valence-electron chi connectivity index (χ2n) is 5.31. The third-order valence-electron chi connectivity index (χ3n) is 1.83. The van der Waals surface area contributed by atoms with Crippen molar-refractivity contribution in [2.24, 2.45) is 0 Å². The molecular formula is C10H24O2Si3. The SMILES string of the molecule is C=C[Si](C)(C=C)O[Si](C)(C)O[Si](C)(C)C. The van der Waals surface area contributed by atoms with Crippen LogP contribution in [0, 0.1) is 0 Å². The summed E-state index contributed by atoms with van der Waals surface area (Å²) in [5, 5.41) is 0. The highest BCUT2D eigenvalue weighted by molar-refractivity contribution is 6.91. The maximum Gasteiger partial charge on any atom is 0.311 e. The molecule has 0 aromatic carbocycles. The van der Waals surface area contributed by atoms with Crippen LogP contribution < -0.4 is 0 Å². The van der Waals surface area contributed by atoms with Gasteiger partial charge in [-0.25, -0.2) is 0 Å². The summed E-state index contributed by atoms with van der Waals surface area (Å²) in [6.45, 7) is 20.5. The molecule has 0 unspecified atom stereocenters. The average molecular weight is 261 g/mol. The predicted octanol–water partition coefficient (Wildman–Crippen LogP) is 3.58. The molecule has 0 heterocycles. The van der Waals surface area contributed by atoms with E-state index in [-0.39, 0.29) is 0 Å². The fourth-order valence-corrected chi connectivity index (χ4v) is 13.0. The fraction of sp³-hybridized carbons (Fsp3) is 0.600. The lowest BCUT2D eigenvalue weighted by Crippen LogP contribution is -2.51. The van der Waals surface area contributed by atoms with E-state index >= 15 is 0 Å². The molecule has 0 aromatic heterocycles. The van der Waals surface area contributed by atoms with Crippen LogP contribution in [0.3, 0.4) is 0 Å². The lowest BCUT2D eigenvalue weighted by molar-refractivity contribution is 0.400. The van der Waals surface area contributed by atoms with E-state index in [1.165, 1.54) is 0 Å². The number of hydrogen-bond acceptors (Lipinski definition) is 2. The molecule has 0 saturated carbocycles. The molecule has 15 heavy (non-hydrogen) atoms. The topological polar surface area (TPSA) is 18.5 Å². The largest absolute Gasteiger partial charge is 0.437 e. The molecule has 0 saturated heterocycles. The summed E-state index contributed by atoms with van der Waals surface area (Å²) in [7, 11) is -5.51. The van der Waals surface area contributed by atoms with Crippen LogP contribution in [0.2, 0.25) is 39.3 Å². The van der Waals surface area contributed by atoms with Gasteiger partial charge in [-0.1, -0.05) is 11.4 Å². The minimum Gasteiger partial charge on any atom is -0.437 e. The zero-order valence-electron chi connectivity index (χ0n) is 10.9. The van der Waals surface area contributed by atoms with E-state index in [4.69, 9.17) is 8.23 Å². The second-order valence-corrected chi connectivity index (χ2v) is 17.1. The molecule has 0 aliphatic carbocycles. The van der Waals surface area contributed by atoms with E-state index in [0.29, 0.717) is 0 Å². The van der Waals surface area contributed by atoms with Crippen molar-refractivity contribution < 1.29 is 8.23 Å². The third-order valence-corrected chi connectivity index (χ3v) is 11.6. The number of hydrogen-bond donors (Lipinski definition) is 0. The normalized spacial score (nSPS) is 13.7. The highest BCUT2D eigenvalue weighted by Crippen LogP contribution is 2.21. The van der Waals surface area contributed by atoms with Gasteiger partial charge >= 0.3 is 8.56 Å². The minimum absolute atomic E-state index is 1.53. The van der Waals surface area contributed by atoms with E-state index in [2.05, 4.69) is 52.4 Å². The van der Waals surface area contributed by atoms with Crippen LogP contribution >= 0.6 is 0 Å². The lowest BCUT2D eigenvalue weighted by Gasteiger charge is -2.36. The first-order chi connectivity index (χ1) is 6.54. The van der Waals surface area contributed by atoms with Gasteiger partial charge in [-0.15, -0.1) is 13.2 Å². The molecule has 88 valence electrons. The van der Waals surface area contributed by atoms with Gasteiger partial charge in [0.1, 0.15) is 0 Å². The van der Waals surface area contributed by atoms with E-state index < -0.39 is 25.2 Å². The molecule has 0 aliphatic rings. The van der Waals surface area contributed by atoms with Crippen LogP contribution in [0.5, 0.6) is 0 Å². The Bertz CT molecular complexity index is 236. The Morgan fingerprint density at radius 2 is 1.20 bits per heavy atom. The van der Waals surface area contributed by atoms with Crippen molar-refractivity contribution in [2.45, 2.75) is 39.3 Å². The monoisotopic (exact) mass is 260 g/mol. The summed E-state index contributed by atoms with van der Waals surface area (Å²) in [5.74, 6) is 0. The molecule has 0 radical (unpaired) electrons. The smallest absolute Gasteiger partial charge is 0.311 e. The fourth-order valence-electron chi connectivity index (χ4n) is 1.45. The van der Waals surface area contributed by atoms with Gasteiger partial charge in [0.15, 0.2) is 8.32 Å².